The van der Waals surface area contributed by atoms with Gasteiger partial charge in [0.25, 0.3) is 0 Å². The molecule has 1 saturated carbocycles. The average Bonchev–Trinajstić information content (AvgIpc) is 2.55. The van der Waals surface area contributed by atoms with Crippen LogP contribution in [0.5, 0.6) is 0 Å². The van der Waals surface area contributed by atoms with Crippen molar-refractivity contribution in [3.63, 3.8) is 0 Å². The molecule has 8 heteroatoms. The first-order valence-electron chi connectivity index (χ1n) is 9.10. The molecule has 0 unspecified atom stereocenters. The van der Waals surface area contributed by atoms with E-state index >= 15 is 0 Å². The van der Waals surface area contributed by atoms with Gasteiger partial charge in [-0.2, -0.15) is 13.2 Å². The van der Waals surface area contributed by atoms with Gasteiger partial charge in [-0.1, -0.05) is 36.8 Å². The summed E-state index contributed by atoms with van der Waals surface area (Å²) in [6.07, 6.45) is 0.0199. The van der Waals surface area contributed by atoms with Crippen LogP contribution in [0.3, 0.4) is 0 Å². The standard InChI is InChI=1S/C19H29F3N4.HI/c1-23-17(24-12-7-13-26(2)15-19(20,21)22)25-14-18(10-6-11-18)16-8-4-3-5-9-16;/h3-5,8-9H,6-7,10-15H2,1-2H3,(H2,23,24,25);1H. The Hall–Kier alpha value is -1.03. The highest BCUT2D eigenvalue weighted by Gasteiger charge is 2.38. The molecule has 1 aromatic rings. The van der Waals surface area contributed by atoms with Crippen LogP contribution in [0.2, 0.25) is 0 Å². The zero-order valence-electron chi connectivity index (χ0n) is 16.0. The summed E-state index contributed by atoms with van der Waals surface area (Å²) in [6, 6.07) is 10.5. The fourth-order valence-corrected chi connectivity index (χ4v) is 3.38. The molecule has 2 rings (SSSR count). The highest BCUT2D eigenvalue weighted by molar-refractivity contribution is 14.0. The van der Waals surface area contributed by atoms with Crippen molar-refractivity contribution in [3.05, 3.63) is 35.9 Å². The lowest BCUT2D eigenvalue weighted by Crippen LogP contribution is -2.49. The number of nitrogens with one attached hydrogen (secondary N) is 2. The van der Waals surface area contributed by atoms with Gasteiger partial charge >= 0.3 is 6.18 Å². The number of benzene rings is 1. The first-order chi connectivity index (χ1) is 12.3. The second-order valence-corrected chi connectivity index (χ2v) is 7.06. The Kier molecular flexibility index (Phi) is 9.86. The minimum atomic E-state index is -4.14. The molecule has 0 amide bonds. The van der Waals surface area contributed by atoms with Gasteiger partial charge in [0.1, 0.15) is 0 Å². The SMILES string of the molecule is CN=C(NCCCN(C)CC(F)(F)F)NCC1(c2ccccc2)CCC1.I. The van der Waals surface area contributed by atoms with Gasteiger partial charge in [-0.3, -0.25) is 9.89 Å². The second-order valence-electron chi connectivity index (χ2n) is 7.06. The van der Waals surface area contributed by atoms with Crippen LogP contribution in [-0.4, -0.2) is 57.3 Å². The van der Waals surface area contributed by atoms with E-state index in [1.807, 2.05) is 6.07 Å². The largest absolute Gasteiger partial charge is 0.401 e. The number of nitrogens with zero attached hydrogens (tertiary/aromatic N) is 2. The predicted molar refractivity (Wildman–Crippen MR) is 115 cm³/mol. The number of hydrogen-bond acceptors (Lipinski definition) is 2. The van der Waals surface area contributed by atoms with E-state index in [9.17, 15) is 13.2 Å². The smallest absolute Gasteiger partial charge is 0.356 e. The van der Waals surface area contributed by atoms with E-state index < -0.39 is 12.7 Å². The lowest BCUT2D eigenvalue weighted by Gasteiger charge is -2.43. The summed E-state index contributed by atoms with van der Waals surface area (Å²) in [6.45, 7) is 0.905. The van der Waals surface area contributed by atoms with Crippen molar-refractivity contribution < 1.29 is 13.2 Å². The first-order valence-corrected chi connectivity index (χ1v) is 9.10. The van der Waals surface area contributed by atoms with E-state index in [-0.39, 0.29) is 29.4 Å². The van der Waals surface area contributed by atoms with Crippen LogP contribution < -0.4 is 10.6 Å². The van der Waals surface area contributed by atoms with Gasteiger partial charge in [0.15, 0.2) is 5.96 Å². The molecule has 4 nitrogen and oxygen atoms in total. The highest BCUT2D eigenvalue weighted by Crippen LogP contribution is 2.43. The van der Waals surface area contributed by atoms with Gasteiger partial charge in [0, 0.05) is 25.6 Å². The van der Waals surface area contributed by atoms with E-state index in [4.69, 9.17) is 0 Å². The van der Waals surface area contributed by atoms with Crippen molar-refractivity contribution in [1.29, 1.82) is 0 Å². The Morgan fingerprint density at radius 3 is 2.37 bits per heavy atom. The van der Waals surface area contributed by atoms with Gasteiger partial charge in [0.2, 0.25) is 0 Å². The van der Waals surface area contributed by atoms with Crippen molar-refractivity contribution in [2.45, 2.75) is 37.3 Å². The molecule has 0 bridgehead atoms. The third-order valence-electron chi connectivity index (χ3n) is 4.97. The van der Waals surface area contributed by atoms with Gasteiger partial charge in [-0.25, -0.2) is 0 Å². The Labute approximate surface area is 177 Å². The molecule has 1 aliphatic rings. The monoisotopic (exact) mass is 498 g/mol. The van der Waals surface area contributed by atoms with Crippen LogP contribution in [0.4, 0.5) is 13.2 Å². The minimum Gasteiger partial charge on any atom is -0.356 e. The summed E-state index contributed by atoms with van der Waals surface area (Å²) in [5, 5.41) is 6.57. The van der Waals surface area contributed by atoms with Crippen LogP contribution >= 0.6 is 24.0 Å². The van der Waals surface area contributed by atoms with Crippen molar-refractivity contribution >= 4 is 29.9 Å². The Morgan fingerprint density at radius 2 is 1.85 bits per heavy atom. The van der Waals surface area contributed by atoms with Crippen LogP contribution in [0.15, 0.2) is 35.3 Å². The maximum Gasteiger partial charge on any atom is 0.401 e. The third kappa shape index (κ3) is 7.85. The normalized spacial score (nSPS) is 16.4. The second kappa shape index (κ2) is 11.1. The van der Waals surface area contributed by atoms with E-state index in [1.165, 1.54) is 23.9 Å². The van der Waals surface area contributed by atoms with Crippen molar-refractivity contribution in [3.8, 4) is 0 Å². The van der Waals surface area contributed by atoms with E-state index in [0.29, 0.717) is 25.5 Å². The van der Waals surface area contributed by atoms with Gasteiger partial charge in [-0.05, 0) is 38.4 Å². The number of halogens is 4. The zero-order chi connectivity index (χ0) is 19.0. The molecule has 0 saturated heterocycles. The summed E-state index contributed by atoms with van der Waals surface area (Å²) in [4.78, 5) is 5.51. The van der Waals surface area contributed by atoms with Crippen LogP contribution in [-0.2, 0) is 5.41 Å². The predicted octanol–water partition coefficient (Wildman–Crippen LogP) is 3.78. The number of rotatable bonds is 8. The summed E-state index contributed by atoms with van der Waals surface area (Å²) in [5.74, 6) is 0.700. The van der Waals surface area contributed by atoms with Crippen LogP contribution in [0.25, 0.3) is 0 Å². The van der Waals surface area contributed by atoms with Gasteiger partial charge in [0.05, 0.1) is 6.54 Å². The molecule has 0 aliphatic heterocycles. The van der Waals surface area contributed by atoms with Gasteiger partial charge < -0.3 is 10.6 Å². The Bertz CT molecular complexity index is 574. The molecule has 1 aromatic carbocycles. The summed E-state index contributed by atoms with van der Waals surface area (Å²) >= 11 is 0. The maximum atomic E-state index is 12.3. The highest BCUT2D eigenvalue weighted by atomic mass is 127. The number of aliphatic imine (C=N–C) groups is 1. The average molecular weight is 498 g/mol. The number of guanidine groups is 1. The first kappa shape index (κ1) is 24.0. The lowest BCUT2D eigenvalue weighted by molar-refractivity contribution is -0.143. The Balaban J connectivity index is 0.00000364. The van der Waals surface area contributed by atoms with Crippen LogP contribution in [0, 0.1) is 0 Å². The third-order valence-corrected chi connectivity index (χ3v) is 4.97. The van der Waals surface area contributed by atoms with Gasteiger partial charge in [-0.15, -0.1) is 24.0 Å². The fraction of sp³-hybridized carbons (Fsp3) is 0.632. The van der Waals surface area contributed by atoms with E-state index in [0.717, 1.165) is 19.4 Å². The Morgan fingerprint density at radius 1 is 1.19 bits per heavy atom. The summed E-state index contributed by atoms with van der Waals surface area (Å²) < 4.78 is 36.9. The number of alkyl halides is 3. The number of hydrogen-bond donors (Lipinski definition) is 2. The van der Waals surface area contributed by atoms with Crippen LogP contribution in [0.1, 0.15) is 31.2 Å². The molecular weight excluding hydrogens is 468 g/mol. The molecular formula is C19H30F3IN4. The molecule has 1 aliphatic carbocycles. The molecule has 154 valence electrons. The quantitative estimate of drug-likeness (QED) is 0.248. The molecule has 1 fully saturated rings. The topological polar surface area (TPSA) is 39.7 Å². The molecule has 2 N–H and O–H groups in total. The lowest BCUT2D eigenvalue weighted by atomic mass is 9.64. The van der Waals surface area contributed by atoms with E-state index in [1.54, 1.807) is 7.05 Å². The zero-order valence-corrected chi connectivity index (χ0v) is 18.3. The molecule has 0 heterocycles. The molecule has 0 radical (unpaired) electrons. The molecule has 0 atom stereocenters. The maximum absolute atomic E-state index is 12.3. The van der Waals surface area contributed by atoms with Crippen molar-refractivity contribution in [2.75, 3.05) is 40.3 Å². The van der Waals surface area contributed by atoms with Crippen molar-refractivity contribution in [1.82, 2.24) is 15.5 Å². The summed E-state index contributed by atoms with van der Waals surface area (Å²) in [7, 11) is 3.20. The fourth-order valence-electron chi connectivity index (χ4n) is 3.38. The summed E-state index contributed by atoms with van der Waals surface area (Å²) in [5.41, 5.74) is 1.51. The molecule has 0 aromatic heterocycles. The van der Waals surface area contributed by atoms with Crippen molar-refractivity contribution in [2.24, 2.45) is 4.99 Å². The minimum absolute atomic E-state index is 0. The molecule has 27 heavy (non-hydrogen) atoms. The molecule has 0 spiro atoms. The van der Waals surface area contributed by atoms with E-state index in [2.05, 4.69) is 39.9 Å².